The molecule has 2 aliphatic heterocycles. The van der Waals surface area contributed by atoms with Gasteiger partial charge in [-0.15, -0.1) is 11.3 Å². The van der Waals surface area contributed by atoms with Crippen molar-refractivity contribution in [3.05, 3.63) is 353 Å². The van der Waals surface area contributed by atoms with Crippen molar-refractivity contribution >= 4 is 43.8 Å². The van der Waals surface area contributed by atoms with Crippen molar-refractivity contribution in [1.82, 2.24) is 73.9 Å². The summed E-state index contributed by atoms with van der Waals surface area (Å²) in [6.07, 6.45) is 19.1. The number of rotatable bonds is 14. The molecule has 1 saturated heterocycles. The minimum Gasteiger partial charge on any atom is -0.493 e. The fraction of sp³-hybridized carbons (Fsp3) is 0.485. The predicted molar refractivity (Wildman–Crippen MR) is 637 cm³/mol. The third-order valence-corrected chi connectivity index (χ3v) is 27.9. The molecule has 0 radical (unpaired) electrons. The third-order valence-electron chi connectivity index (χ3n) is 26.5. The molecule has 6 aromatic carbocycles. The number of fused-ring (bicyclic) bond motifs is 4. The van der Waals surface area contributed by atoms with Crippen LogP contribution in [0, 0.1) is 69.2 Å². The molecule has 12 heterocycles. The van der Waals surface area contributed by atoms with Crippen LogP contribution in [0.2, 0.25) is 0 Å². The van der Waals surface area contributed by atoms with Gasteiger partial charge in [0.25, 0.3) is 0 Å². The van der Waals surface area contributed by atoms with Crippen LogP contribution >= 0.6 is 11.3 Å². The monoisotopic (exact) mass is 2030 g/mol. The van der Waals surface area contributed by atoms with Gasteiger partial charge in [0.05, 0.1) is 41.1 Å². The molecule has 18 heteroatoms. The smallest absolute Gasteiger partial charge is 0.137 e. The highest BCUT2D eigenvalue weighted by atomic mass is 32.1. The second kappa shape index (κ2) is 64.0. The van der Waals surface area contributed by atoms with E-state index in [0.29, 0.717) is 76.9 Å². The number of aryl methyl sites for hydroxylation is 14. The minimum absolute atomic E-state index is 0.520. The van der Waals surface area contributed by atoms with Crippen LogP contribution < -0.4 is 4.74 Å². The van der Waals surface area contributed by atoms with Crippen LogP contribution in [0.15, 0.2) is 223 Å². The molecule has 0 saturated carbocycles. The van der Waals surface area contributed by atoms with Gasteiger partial charge < -0.3 is 14.2 Å². The van der Waals surface area contributed by atoms with Crippen molar-refractivity contribution in [3.8, 4) is 5.75 Å². The van der Waals surface area contributed by atoms with Crippen LogP contribution in [0.5, 0.6) is 5.75 Å². The summed E-state index contributed by atoms with van der Waals surface area (Å²) in [6, 6.07) is 58.7. The first-order valence-electron chi connectivity index (χ1n) is 54.3. The van der Waals surface area contributed by atoms with E-state index in [1.807, 2.05) is 146 Å². The highest BCUT2D eigenvalue weighted by Gasteiger charge is 2.18. The molecule has 1 fully saturated rings. The number of thiophene rings is 1. The average Bonchev–Trinajstić information content (AvgIpc) is 1.60. The van der Waals surface area contributed by atoms with Crippen molar-refractivity contribution in [2.45, 2.75) is 365 Å². The summed E-state index contributed by atoms with van der Waals surface area (Å²) in [7, 11) is 9.90. The van der Waals surface area contributed by atoms with Crippen LogP contribution in [-0.4, -0.2) is 99.6 Å². The Balaban J connectivity index is 0.000000281. The average molecular weight is 2030 g/mol. The van der Waals surface area contributed by atoms with Crippen molar-refractivity contribution in [3.63, 3.8) is 0 Å². The molecule has 148 heavy (non-hydrogen) atoms. The minimum atomic E-state index is 0.520. The van der Waals surface area contributed by atoms with E-state index >= 15 is 0 Å². The maximum Gasteiger partial charge on any atom is 0.137 e. The van der Waals surface area contributed by atoms with E-state index in [1.165, 1.54) is 164 Å². The Morgan fingerprint density at radius 1 is 0.345 bits per heavy atom. The van der Waals surface area contributed by atoms with Gasteiger partial charge in [0.15, 0.2) is 0 Å². The largest absolute Gasteiger partial charge is 0.493 e. The van der Waals surface area contributed by atoms with Crippen molar-refractivity contribution < 1.29 is 9.26 Å². The quantitative estimate of drug-likeness (QED) is 0.101. The van der Waals surface area contributed by atoms with Crippen molar-refractivity contribution in [2.24, 2.45) is 35.2 Å². The van der Waals surface area contributed by atoms with E-state index in [-0.39, 0.29) is 0 Å². The summed E-state index contributed by atoms with van der Waals surface area (Å²) in [5.74, 6) is 9.79. The number of nitrogens with zero attached hydrogens (tertiary/aromatic N) is 15. The highest BCUT2D eigenvalue weighted by molar-refractivity contribution is 7.10. The molecule has 18 rings (SSSR count). The van der Waals surface area contributed by atoms with Crippen LogP contribution in [0.4, 0.5) is 0 Å². The second-order valence-corrected chi connectivity index (χ2v) is 44.7. The summed E-state index contributed by atoms with van der Waals surface area (Å²) in [4.78, 5) is 16.5. The number of aromatic nitrogens is 14. The Kier molecular flexibility index (Phi) is 54.8. The van der Waals surface area contributed by atoms with Crippen LogP contribution in [-0.2, 0) is 41.7 Å². The molecule has 0 spiro atoms. The van der Waals surface area contributed by atoms with Crippen LogP contribution in [0.3, 0.4) is 0 Å². The molecular weight excluding hydrogens is 1840 g/mol. The molecule has 0 aliphatic carbocycles. The predicted octanol–water partition coefficient (Wildman–Crippen LogP) is 35.4. The Bertz CT molecular complexity index is 6040. The molecule has 0 bridgehead atoms. The van der Waals surface area contributed by atoms with Crippen LogP contribution in [0.25, 0.3) is 32.4 Å². The second-order valence-electron chi connectivity index (χ2n) is 43.8. The van der Waals surface area contributed by atoms with E-state index in [4.69, 9.17) is 9.26 Å². The topological polar surface area (TPSA) is 166 Å². The van der Waals surface area contributed by atoms with Gasteiger partial charge in [-0.1, -0.05) is 294 Å². The third kappa shape index (κ3) is 42.0. The maximum atomic E-state index is 5.43. The molecule has 16 aromatic rings. The van der Waals surface area contributed by atoms with Crippen LogP contribution in [0.1, 0.15) is 418 Å². The molecule has 0 amide bonds. The van der Waals surface area contributed by atoms with Gasteiger partial charge in [0.1, 0.15) is 11.5 Å². The number of likely N-dealkylation sites (tertiary alicyclic amines) is 1. The van der Waals surface area contributed by atoms with Gasteiger partial charge in [-0.3, -0.25) is 38.4 Å². The number of hydrogen-bond donors (Lipinski definition) is 0. The lowest BCUT2D eigenvalue weighted by atomic mass is 9.99. The van der Waals surface area contributed by atoms with Gasteiger partial charge in [-0.2, -0.15) is 25.5 Å². The van der Waals surface area contributed by atoms with E-state index in [9.17, 15) is 0 Å². The first-order valence-corrected chi connectivity index (χ1v) is 55.2. The first-order chi connectivity index (χ1) is 69.8. The lowest BCUT2D eigenvalue weighted by Gasteiger charge is -2.18. The maximum absolute atomic E-state index is 5.43. The standard InChI is InChI=1S/2C13H14.C12H13N.C11H14O.C9H16N2.2C9H13N.3C8H14N2.C8H13NO.C8H12S.C7H12N2.C7H15N/c2*1-10(2)12-8-7-11-5-3-4-6-13(11)9-12;1-9(2)10-5-6-12-11(8-10)4-3-7-13-12;1-8(2)9-3-4-11-10(7-9)5-6-12-11;1-6(2)9-7(3)10-11(5)8(9)4;2*1-7(2)9-6-10-5-4-8(9)3;1-6(2)8-5-10(4)9-7(8)3;1-6(2)8-7(3)5-9-10(8)4;1-6(2)8-5-7(3)9-10(8)4;1-5(2)8-6(3)9-10-7(8)4;1-6(2)8-7(3)4-5-9-8;1-6(2)7-4-5-8-9(7)3;1-7(2)8-5-3-4-6-8/h2*3-10H,1-2H3;3-9H,1-2H3;3-4,7-8H,5-6H2,1-2H3;6H,1-5H3;2*4-7H,1-3H3;3*5-6H,1-4H3;5H,1-4H3;2*4-6H,1-3H3;7H,3-6H2,1-2H3. The number of benzene rings is 6. The molecule has 2 aliphatic rings. The summed E-state index contributed by atoms with van der Waals surface area (Å²) in [5, 5.41) is 33.6. The van der Waals surface area contributed by atoms with Crippen molar-refractivity contribution in [1.29, 1.82) is 0 Å². The van der Waals surface area contributed by atoms with E-state index in [2.05, 4.69) is 456 Å². The van der Waals surface area contributed by atoms with Gasteiger partial charge in [0.2, 0.25) is 0 Å². The number of hydrogen-bond acceptors (Lipinski definition) is 13. The Morgan fingerprint density at radius 2 is 0.831 bits per heavy atom. The first kappa shape index (κ1) is 127. The summed E-state index contributed by atoms with van der Waals surface area (Å²) >= 11 is 1.86. The van der Waals surface area contributed by atoms with Gasteiger partial charge in [-0.25, -0.2) is 0 Å². The molecular formula is C130H191N15O2S. The molecule has 10 aromatic heterocycles. The molecule has 17 nitrogen and oxygen atoms in total. The van der Waals surface area contributed by atoms with Crippen molar-refractivity contribution in [2.75, 3.05) is 19.7 Å². The Hall–Kier alpha value is -11.7. The highest BCUT2D eigenvalue weighted by Crippen LogP contribution is 2.32. The Labute approximate surface area is 899 Å². The van der Waals surface area contributed by atoms with Gasteiger partial charge in [0, 0.05) is 130 Å². The number of pyridine rings is 3. The van der Waals surface area contributed by atoms with Gasteiger partial charge in [-0.05, 0) is 340 Å². The Morgan fingerprint density at radius 3 is 1.15 bits per heavy atom. The van der Waals surface area contributed by atoms with Gasteiger partial charge >= 0.3 is 0 Å². The van der Waals surface area contributed by atoms with E-state index in [0.717, 1.165) is 53.2 Å². The van der Waals surface area contributed by atoms with E-state index < -0.39 is 0 Å². The zero-order valence-corrected chi connectivity index (χ0v) is 100. The summed E-state index contributed by atoms with van der Waals surface area (Å²) in [5.41, 5.74) is 29.8. The summed E-state index contributed by atoms with van der Waals surface area (Å²) < 4.78 is 20.1. The molecule has 804 valence electrons. The fourth-order valence-corrected chi connectivity index (χ4v) is 19.1. The molecule has 0 atom stereocenters. The zero-order chi connectivity index (χ0) is 111. The van der Waals surface area contributed by atoms with E-state index in [1.54, 1.807) is 0 Å². The molecule has 0 N–H and O–H groups in total. The number of ether oxygens (including phenoxy) is 1. The SMILES string of the molecule is CC(C)N1CCCC1.CC(C)c1ccc2c(c1)CCO2.CC(C)c1ccc2ccccc2c1.CC(C)c1ccc2ccccc2c1.CC(C)c1ccc2ncccc2c1.CC(C)c1ccnn1C.Cc1cc(C(C)C)n(C)n1.Cc1ccncc1C(C)C.Cc1ccncc1C(C)C.Cc1ccsc1C(C)C.Cc1cnn(C)c1C(C)C.Cc1nn(C)c(C)c1C(C)C.Cc1nn(C)cc1C(C)C.Cc1noc(C)c1C(C)C. The lowest BCUT2D eigenvalue weighted by Crippen LogP contribution is -2.26. The zero-order valence-electron chi connectivity index (χ0n) is 99.5. The fourth-order valence-electron chi connectivity index (χ4n) is 18.2. The lowest BCUT2D eigenvalue weighted by molar-refractivity contribution is 0.276. The normalized spacial score (nSPS) is 11.8. The molecule has 0 unspecified atom stereocenters. The summed E-state index contributed by atoms with van der Waals surface area (Å²) in [6.45, 7) is 85.9.